The zero-order chi connectivity index (χ0) is 36.0. The van der Waals surface area contributed by atoms with Crippen molar-refractivity contribution in [2.24, 2.45) is 0 Å². The molecule has 0 saturated carbocycles. The average molecular weight is 720 g/mol. The van der Waals surface area contributed by atoms with Gasteiger partial charge in [0.25, 0.3) is 5.91 Å². The molecule has 50 heavy (non-hydrogen) atoms. The third-order valence-corrected chi connectivity index (χ3v) is 12.8. The molecule has 2 heterocycles. The quantitative estimate of drug-likeness (QED) is 0.193. The summed E-state index contributed by atoms with van der Waals surface area (Å²) in [5.74, 6) is -3.90. The first kappa shape index (κ1) is 35.4. The molecule has 4 aromatic rings. The van der Waals surface area contributed by atoms with Crippen molar-refractivity contribution in [1.82, 2.24) is 13.9 Å². The van der Waals surface area contributed by atoms with Gasteiger partial charge in [0.2, 0.25) is 25.8 Å². The number of hydrogen-bond donors (Lipinski definition) is 4. The second-order valence-electron chi connectivity index (χ2n) is 13.8. The SMILES string of the molecule is CC(C)(C)c1ccc(CCNS(=O)(=O)c2ccc3c(c2)CN(C(=O)c2cc(S(=O)(=O)N4CCc5ccccc5C4)c(O)c(O)c2O)CC3)cc1. The number of phenolic OH excluding ortho intramolecular Hbond substituents is 3. The summed E-state index contributed by atoms with van der Waals surface area (Å²) in [7, 11) is -8.28. The van der Waals surface area contributed by atoms with Crippen LogP contribution in [0, 0.1) is 0 Å². The fraction of sp³-hybridized carbons (Fsp3) is 0.324. The van der Waals surface area contributed by atoms with Crippen LogP contribution in [0.1, 0.15) is 64.5 Å². The maximum absolute atomic E-state index is 13.8. The molecule has 6 rings (SSSR count). The van der Waals surface area contributed by atoms with E-state index in [1.807, 2.05) is 42.5 Å². The molecular formula is C37H41N3O8S2. The van der Waals surface area contributed by atoms with Crippen molar-refractivity contribution >= 4 is 26.0 Å². The summed E-state index contributed by atoms with van der Waals surface area (Å²) in [5.41, 5.74) is 4.94. The summed E-state index contributed by atoms with van der Waals surface area (Å²) in [6, 6.07) is 21.1. The number of sulfonamides is 2. The Balaban J connectivity index is 1.18. The van der Waals surface area contributed by atoms with Crippen molar-refractivity contribution in [1.29, 1.82) is 0 Å². The number of fused-ring (bicyclic) bond motifs is 2. The van der Waals surface area contributed by atoms with Gasteiger partial charge in [-0.25, -0.2) is 21.6 Å². The molecule has 2 aliphatic heterocycles. The summed E-state index contributed by atoms with van der Waals surface area (Å²) in [5, 5.41) is 32.0. The van der Waals surface area contributed by atoms with E-state index >= 15 is 0 Å². The van der Waals surface area contributed by atoms with Crippen LogP contribution in [-0.4, -0.2) is 66.9 Å². The Hall–Kier alpha value is -4.43. The lowest BCUT2D eigenvalue weighted by Gasteiger charge is -2.30. The predicted octanol–water partition coefficient (Wildman–Crippen LogP) is 4.57. The van der Waals surface area contributed by atoms with Crippen LogP contribution >= 0.6 is 0 Å². The van der Waals surface area contributed by atoms with Gasteiger partial charge in [0.15, 0.2) is 11.5 Å². The fourth-order valence-electron chi connectivity index (χ4n) is 6.43. The molecule has 0 bridgehead atoms. The standard InChI is InChI=1S/C37H41N3O8S2/c1-37(2,3)29-11-8-24(9-12-29)14-17-38-49(45,46)30-13-10-26-15-18-39(22-28(26)20-30)36(44)31-21-32(34(42)35(43)33(31)41)50(47,48)40-19-16-25-6-4-5-7-27(25)23-40/h4-13,20-21,38,41-43H,14-19,22-23H2,1-3H3. The zero-order valence-corrected chi connectivity index (χ0v) is 29.8. The molecule has 0 atom stereocenters. The number of phenols is 3. The molecule has 0 fully saturated rings. The molecule has 0 radical (unpaired) electrons. The van der Waals surface area contributed by atoms with E-state index < -0.39 is 53.7 Å². The maximum Gasteiger partial charge on any atom is 0.258 e. The largest absolute Gasteiger partial charge is 0.504 e. The van der Waals surface area contributed by atoms with E-state index in [0.29, 0.717) is 24.8 Å². The van der Waals surface area contributed by atoms with E-state index in [2.05, 4.69) is 25.5 Å². The van der Waals surface area contributed by atoms with Crippen molar-refractivity contribution < 1.29 is 36.9 Å². The Morgan fingerprint density at radius 1 is 0.760 bits per heavy atom. The number of aromatic hydroxyl groups is 3. The maximum atomic E-state index is 13.8. The molecule has 0 aliphatic carbocycles. The Kier molecular flexibility index (Phi) is 9.46. The van der Waals surface area contributed by atoms with E-state index in [0.717, 1.165) is 32.6 Å². The number of benzene rings is 4. The lowest BCUT2D eigenvalue weighted by molar-refractivity contribution is 0.0730. The minimum absolute atomic E-state index is 0.0173. The lowest BCUT2D eigenvalue weighted by Crippen LogP contribution is -2.37. The molecule has 13 heteroatoms. The van der Waals surface area contributed by atoms with Crippen molar-refractivity contribution in [3.63, 3.8) is 0 Å². The molecule has 0 unspecified atom stereocenters. The van der Waals surface area contributed by atoms with Crippen LogP contribution in [0.5, 0.6) is 17.2 Å². The number of amides is 1. The first-order valence-electron chi connectivity index (χ1n) is 16.4. The number of carbonyl (C=O) groups excluding carboxylic acids is 1. The topological polar surface area (TPSA) is 165 Å². The van der Waals surface area contributed by atoms with Gasteiger partial charge in [0, 0.05) is 32.7 Å². The number of nitrogens with one attached hydrogen (secondary N) is 1. The van der Waals surface area contributed by atoms with Crippen LogP contribution in [-0.2, 0) is 57.8 Å². The van der Waals surface area contributed by atoms with Gasteiger partial charge in [-0.2, -0.15) is 4.31 Å². The van der Waals surface area contributed by atoms with Gasteiger partial charge in [-0.05, 0) is 76.3 Å². The summed E-state index contributed by atoms with van der Waals surface area (Å²) in [6.07, 6.45) is 1.32. The predicted molar refractivity (Wildman–Crippen MR) is 188 cm³/mol. The van der Waals surface area contributed by atoms with Crippen LogP contribution < -0.4 is 4.72 Å². The second kappa shape index (κ2) is 13.4. The number of carbonyl (C=O) groups is 1. The van der Waals surface area contributed by atoms with E-state index in [-0.39, 0.29) is 43.0 Å². The summed E-state index contributed by atoms with van der Waals surface area (Å²) in [4.78, 5) is 14.5. The molecule has 0 spiro atoms. The van der Waals surface area contributed by atoms with Crippen LogP contribution in [0.15, 0.2) is 82.6 Å². The van der Waals surface area contributed by atoms with E-state index in [1.54, 1.807) is 12.1 Å². The fourth-order valence-corrected chi connectivity index (χ4v) is 9.04. The van der Waals surface area contributed by atoms with E-state index in [9.17, 15) is 36.9 Å². The van der Waals surface area contributed by atoms with Gasteiger partial charge < -0.3 is 20.2 Å². The van der Waals surface area contributed by atoms with Crippen LogP contribution in [0.2, 0.25) is 0 Å². The van der Waals surface area contributed by atoms with Crippen molar-refractivity contribution in [2.75, 3.05) is 19.6 Å². The Morgan fingerprint density at radius 3 is 2.12 bits per heavy atom. The third kappa shape index (κ3) is 6.95. The highest BCUT2D eigenvalue weighted by atomic mass is 32.2. The monoisotopic (exact) mass is 719 g/mol. The molecule has 4 aromatic carbocycles. The molecular weight excluding hydrogens is 679 g/mol. The van der Waals surface area contributed by atoms with Gasteiger partial charge in [-0.15, -0.1) is 0 Å². The molecule has 264 valence electrons. The van der Waals surface area contributed by atoms with Gasteiger partial charge >= 0.3 is 0 Å². The molecule has 0 aromatic heterocycles. The van der Waals surface area contributed by atoms with Crippen molar-refractivity contribution in [3.05, 3.63) is 112 Å². The summed E-state index contributed by atoms with van der Waals surface area (Å²) in [6.45, 7) is 6.91. The third-order valence-electron chi connectivity index (χ3n) is 9.47. The Morgan fingerprint density at radius 2 is 1.42 bits per heavy atom. The molecule has 0 saturated heterocycles. The van der Waals surface area contributed by atoms with Gasteiger partial charge in [-0.1, -0.05) is 75.4 Å². The minimum Gasteiger partial charge on any atom is -0.504 e. The van der Waals surface area contributed by atoms with Crippen molar-refractivity contribution in [2.45, 2.75) is 68.3 Å². The molecule has 1 amide bonds. The van der Waals surface area contributed by atoms with Gasteiger partial charge in [0.1, 0.15) is 4.90 Å². The van der Waals surface area contributed by atoms with Crippen LogP contribution in [0.4, 0.5) is 0 Å². The van der Waals surface area contributed by atoms with Crippen molar-refractivity contribution in [3.8, 4) is 17.2 Å². The Labute approximate surface area is 292 Å². The highest BCUT2D eigenvalue weighted by Gasteiger charge is 2.35. The first-order valence-corrected chi connectivity index (χ1v) is 19.3. The Bertz CT molecular complexity index is 2180. The molecule has 2 aliphatic rings. The summed E-state index contributed by atoms with van der Waals surface area (Å²) >= 11 is 0. The lowest BCUT2D eigenvalue weighted by atomic mass is 9.86. The van der Waals surface area contributed by atoms with Crippen LogP contribution in [0.25, 0.3) is 0 Å². The second-order valence-corrected chi connectivity index (χ2v) is 17.5. The minimum atomic E-state index is -4.40. The smallest absolute Gasteiger partial charge is 0.258 e. The highest BCUT2D eigenvalue weighted by molar-refractivity contribution is 7.89. The number of hydrogen-bond acceptors (Lipinski definition) is 8. The zero-order valence-electron chi connectivity index (χ0n) is 28.2. The normalized spacial score (nSPS) is 15.4. The van der Waals surface area contributed by atoms with Gasteiger partial charge in [0.05, 0.1) is 10.5 Å². The average Bonchev–Trinajstić information content (AvgIpc) is 3.09. The number of nitrogens with zero attached hydrogens (tertiary/aromatic N) is 2. The first-order chi connectivity index (χ1) is 23.6. The molecule has 11 nitrogen and oxygen atoms in total. The highest BCUT2D eigenvalue weighted by Crippen LogP contribution is 2.44. The van der Waals surface area contributed by atoms with E-state index in [4.69, 9.17) is 0 Å². The van der Waals surface area contributed by atoms with Gasteiger partial charge in [-0.3, -0.25) is 4.79 Å². The summed E-state index contributed by atoms with van der Waals surface area (Å²) < 4.78 is 57.7. The van der Waals surface area contributed by atoms with E-state index in [1.165, 1.54) is 22.6 Å². The number of rotatable bonds is 8. The molecule has 4 N–H and O–H groups in total. The van der Waals surface area contributed by atoms with Crippen LogP contribution in [0.3, 0.4) is 0 Å².